The van der Waals surface area contributed by atoms with Crippen LogP contribution in [0.3, 0.4) is 0 Å². The summed E-state index contributed by atoms with van der Waals surface area (Å²) in [6.07, 6.45) is 0. The van der Waals surface area contributed by atoms with Crippen LogP contribution in [0.1, 0.15) is 10.4 Å². The number of hydrogen-bond acceptors (Lipinski definition) is 5. The molecule has 0 atom stereocenters. The lowest BCUT2D eigenvalue weighted by atomic mass is 10.2. The number of benzene rings is 2. The van der Waals surface area contributed by atoms with Crippen LogP contribution in [0.5, 0.6) is 5.75 Å². The molecule has 0 saturated carbocycles. The van der Waals surface area contributed by atoms with Crippen molar-refractivity contribution in [3.05, 3.63) is 58.1 Å². The Morgan fingerprint density at radius 3 is 2.48 bits per heavy atom. The second kappa shape index (κ2) is 5.91. The highest BCUT2D eigenvalue weighted by atomic mass is 16.6. The van der Waals surface area contributed by atoms with Crippen LogP contribution in [0.15, 0.2) is 42.5 Å². The lowest BCUT2D eigenvalue weighted by molar-refractivity contribution is -0.384. The smallest absolute Gasteiger partial charge is 0.269 e. The number of ether oxygens (including phenoxy) is 1. The van der Waals surface area contributed by atoms with Crippen molar-refractivity contribution in [2.75, 3.05) is 18.2 Å². The molecule has 2 aromatic carbocycles. The van der Waals surface area contributed by atoms with Gasteiger partial charge in [-0.1, -0.05) is 0 Å². The van der Waals surface area contributed by atoms with Gasteiger partial charge < -0.3 is 15.8 Å². The van der Waals surface area contributed by atoms with Crippen molar-refractivity contribution < 1.29 is 14.5 Å². The van der Waals surface area contributed by atoms with Crippen LogP contribution >= 0.6 is 0 Å². The summed E-state index contributed by atoms with van der Waals surface area (Å²) in [6.45, 7) is 0. The Bertz CT molecular complexity index is 683. The normalized spacial score (nSPS) is 9.95. The van der Waals surface area contributed by atoms with Gasteiger partial charge in [-0.3, -0.25) is 14.9 Å². The molecule has 0 unspecified atom stereocenters. The van der Waals surface area contributed by atoms with Crippen LogP contribution in [0.25, 0.3) is 0 Å². The van der Waals surface area contributed by atoms with Crippen molar-refractivity contribution in [2.24, 2.45) is 0 Å². The molecule has 0 aliphatic carbocycles. The van der Waals surface area contributed by atoms with Gasteiger partial charge in [0.15, 0.2) is 0 Å². The first-order valence-electron chi connectivity index (χ1n) is 6.00. The van der Waals surface area contributed by atoms with Gasteiger partial charge in [-0.25, -0.2) is 0 Å². The van der Waals surface area contributed by atoms with E-state index in [1.807, 2.05) is 0 Å². The maximum Gasteiger partial charge on any atom is 0.269 e. The average molecular weight is 287 g/mol. The monoisotopic (exact) mass is 287 g/mol. The van der Waals surface area contributed by atoms with E-state index in [9.17, 15) is 14.9 Å². The Morgan fingerprint density at radius 2 is 1.90 bits per heavy atom. The summed E-state index contributed by atoms with van der Waals surface area (Å²) in [5.41, 5.74) is 6.80. The van der Waals surface area contributed by atoms with E-state index in [4.69, 9.17) is 10.5 Å². The van der Waals surface area contributed by atoms with E-state index < -0.39 is 10.8 Å². The number of carbonyl (C=O) groups excluding carboxylic acids is 1. The summed E-state index contributed by atoms with van der Waals surface area (Å²) in [6, 6.07) is 10.2. The molecular weight excluding hydrogens is 274 g/mol. The second-order valence-corrected chi connectivity index (χ2v) is 4.21. The molecule has 108 valence electrons. The predicted molar refractivity (Wildman–Crippen MR) is 78.5 cm³/mol. The summed E-state index contributed by atoms with van der Waals surface area (Å²) >= 11 is 0. The molecule has 0 aromatic heterocycles. The summed E-state index contributed by atoms with van der Waals surface area (Å²) in [4.78, 5) is 22.1. The molecule has 0 spiro atoms. The van der Waals surface area contributed by atoms with Crippen LogP contribution in [0, 0.1) is 10.1 Å². The topological polar surface area (TPSA) is 107 Å². The molecule has 3 N–H and O–H groups in total. The largest absolute Gasteiger partial charge is 0.497 e. The molecule has 0 heterocycles. The maximum atomic E-state index is 12.1. The zero-order valence-corrected chi connectivity index (χ0v) is 11.2. The number of nitrogens with one attached hydrogen (secondary N) is 1. The molecule has 0 saturated heterocycles. The third-order valence-electron chi connectivity index (χ3n) is 2.85. The van der Waals surface area contributed by atoms with Crippen molar-refractivity contribution in [3.63, 3.8) is 0 Å². The maximum absolute atomic E-state index is 12.1. The second-order valence-electron chi connectivity index (χ2n) is 4.21. The molecule has 7 heteroatoms. The molecule has 7 nitrogen and oxygen atoms in total. The number of rotatable bonds is 4. The van der Waals surface area contributed by atoms with E-state index in [2.05, 4.69) is 5.32 Å². The summed E-state index contributed by atoms with van der Waals surface area (Å²) in [5, 5.41) is 13.2. The lowest BCUT2D eigenvalue weighted by Gasteiger charge is -2.10. The van der Waals surface area contributed by atoms with Crippen molar-refractivity contribution in [1.82, 2.24) is 0 Å². The number of hydrogen-bond donors (Lipinski definition) is 2. The Kier molecular flexibility index (Phi) is 4.03. The fraction of sp³-hybridized carbons (Fsp3) is 0.0714. The Hall–Kier alpha value is -3.09. The fourth-order valence-corrected chi connectivity index (χ4v) is 1.70. The SMILES string of the molecule is COc1ccc(N)c(NC(=O)c2ccc([N+](=O)[O-])cc2)c1. The first-order chi connectivity index (χ1) is 10.0. The van der Waals surface area contributed by atoms with E-state index >= 15 is 0 Å². The van der Waals surface area contributed by atoms with E-state index in [0.29, 0.717) is 22.7 Å². The van der Waals surface area contributed by atoms with Crippen LogP contribution in [-0.4, -0.2) is 17.9 Å². The molecule has 0 aliphatic rings. The molecule has 2 aromatic rings. The van der Waals surface area contributed by atoms with Crippen LogP contribution < -0.4 is 15.8 Å². The van der Waals surface area contributed by atoms with Gasteiger partial charge >= 0.3 is 0 Å². The molecule has 0 bridgehead atoms. The van der Waals surface area contributed by atoms with Crippen molar-refractivity contribution >= 4 is 23.0 Å². The van der Waals surface area contributed by atoms with Gasteiger partial charge in [0.05, 0.1) is 23.4 Å². The number of nitrogen functional groups attached to an aromatic ring is 1. The first-order valence-corrected chi connectivity index (χ1v) is 6.00. The summed E-state index contributed by atoms with van der Waals surface area (Å²) in [5.74, 6) is 0.146. The zero-order valence-electron chi connectivity index (χ0n) is 11.2. The summed E-state index contributed by atoms with van der Waals surface area (Å²) in [7, 11) is 1.51. The Morgan fingerprint density at radius 1 is 1.24 bits per heavy atom. The number of nitro groups is 1. The molecule has 0 fully saturated rings. The van der Waals surface area contributed by atoms with E-state index in [-0.39, 0.29) is 5.69 Å². The van der Waals surface area contributed by atoms with Gasteiger partial charge in [0.25, 0.3) is 11.6 Å². The van der Waals surface area contributed by atoms with Gasteiger partial charge in [0.2, 0.25) is 0 Å². The molecule has 21 heavy (non-hydrogen) atoms. The fourth-order valence-electron chi connectivity index (χ4n) is 1.70. The highest BCUT2D eigenvalue weighted by molar-refractivity contribution is 6.05. The quantitative estimate of drug-likeness (QED) is 0.510. The van der Waals surface area contributed by atoms with Gasteiger partial charge in [-0.15, -0.1) is 0 Å². The lowest BCUT2D eigenvalue weighted by Crippen LogP contribution is -2.13. The van der Waals surface area contributed by atoms with E-state index in [1.165, 1.54) is 31.4 Å². The van der Waals surface area contributed by atoms with Gasteiger partial charge in [-0.2, -0.15) is 0 Å². The van der Waals surface area contributed by atoms with E-state index in [0.717, 1.165) is 0 Å². The van der Waals surface area contributed by atoms with Gasteiger partial charge in [0.1, 0.15) is 5.75 Å². The highest BCUT2D eigenvalue weighted by Gasteiger charge is 2.11. The number of nitrogens with two attached hydrogens (primary N) is 1. The van der Waals surface area contributed by atoms with Gasteiger partial charge in [0, 0.05) is 23.8 Å². The average Bonchev–Trinajstić information content (AvgIpc) is 2.49. The number of methoxy groups -OCH3 is 1. The van der Waals surface area contributed by atoms with Crippen molar-refractivity contribution in [1.29, 1.82) is 0 Å². The number of non-ortho nitro benzene ring substituents is 1. The molecular formula is C14H13N3O4. The minimum Gasteiger partial charge on any atom is -0.497 e. The minimum absolute atomic E-state index is 0.0764. The number of nitro benzene ring substituents is 1. The van der Waals surface area contributed by atoms with Crippen molar-refractivity contribution in [3.8, 4) is 5.75 Å². The van der Waals surface area contributed by atoms with Crippen LogP contribution in [-0.2, 0) is 0 Å². The molecule has 2 rings (SSSR count). The Labute approximate surface area is 120 Å². The third-order valence-corrected chi connectivity index (χ3v) is 2.85. The summed E-state index contributed by atoms with van der Waals surface area (Å²) < 4.78 is 5.06. The number of nitrogens with zero attached hydrogens (tertiary/aromatic N) is 1. The molecule has 1 amide bonds. The molecule has 0 aliphatic heterocycles. The Balaban J connectivity index is 2.19. The van der Waals surface area contributed by atoms with Gasteiger partial charge in [-0.05, 0) is 24.3 Å². The third kappa shape index (κ3) is 3.27. The van der Waals surface area contributed by atoms with E-state index in [1.54, 1.807) is 18.2 Å². The standard InChI is InChI=1S/C14H13N3O4/c1-21-11-6-7-12(15)13(8-11)16-14(18)9-2-4-10(5-3-9)17(19)20/h2-8H,15H2,1H3,(H,16,18). The number of amides is 1. The predicted octanol–water partition coefficient (Wildman–Crippen LogP) is 2.44. The zero-order chi connectivity index (χ0) is 15.4. The van der Waals surface area contributed by atoms with Crippen LogP contribution in [0.2, 0.25) is 0 Å². The number of anilines is 2. The number of carbonyl (C=O) groups is 1. The highest BCUT2D eigenvalue weighted by Crippen LogP contribution is 2.25. The first kappa shape index (κ1) is 14.3. The van der Waals surface area contributed by atoms with Crippen LogP contribution in [0.4, 0.5) is 17.1 Å². The minimum atomic E-state index is -0.526. The van der Waals surface area contributed by atoms with Crippen molar-refractivity contribution in [2.45, 2.75) is 0 Å². The molecule has 0 radical (unpaired) electrons.